The van der Waals surface area contributed by atoms with Gasteiger partial charge in [0.2, 0.25) is 5.91 Å². The zero-order valence-electron chi connectivity index (χ0n) is 12.0. The normalized spacial score (nSPS) is 12.3. The van der Waals surface area contributed by atoms with Crippen LogP contribution in [-0.4, -0.2) is 23.0 Å². The lowest BCUT2D eigenvalue weighted by Gasteiger charge is -2.13. The average Bonchev–Trinajstić information content (AvgIpc) is 2.43. The number of halogens is 1. The van der Waals surface area contributed by atoms with Gasteiger partial charge in [-0.2, -0.15) is 0 Å². The third-order valence-electron chi connectivity index (χ3n) is 2.94. The maximum atomic E-state index is 13.1. The topological polar surface area (TPSA) is 66.4 Å². The molecule has 0 aliphatic heterocycles. The molecule has 0 aliphatic rings. The Labute approximate surface area is 123 Å². The van der Waals surface area contributed by atoms with Gasteiger partial charge >= 0.3 is 5.97 Å². The van der Waals surface area contributed by atoms with Crippen molar-refractivity contribution in [3.05, 3.63) is 47.8 Å². The monoisotopic (exact) mass is 293 g/mol. The van der Waals surface area contributed by atoms with E-state index in [2.05, 4.69) is 5.32 Å². The first kappa shape index (κ1) is 16.9. The zero-order valence-corrected chi connectivity index (χ0v) is 12.0. The minimum Gasteiger partial charge on any atom is -0.480 e. The molecule has 1 atom stereocenters. The van der Waals surface area contributed by atoms with Gasteiger partial charge in [0.15, 0.2) is 0 Å². The average molecular weight is 293 g/mol. The SMILES string of the molecule is CCCCC=CC(=O)N[C@@H](Cc1cccc(F)c1)C(=O)O. The Hall–Kier alpha value is -2.17. The van der Waals surface area contributed by atoms with Crippen molar-refractivity contribution in [2.24, 2.45) is 0 Å². The number of rotatable bonds is 8. The molecule has 0 saturated carbocycles. The van der Waals surface area contributed by atoms with Gasteiger partial charge in [0, 0.05) is 6.42 Å². The molecule has 0 unspecified atom stereocenters. The second kappa shape index (κ2) is 8.89. The van der Waals surface area contributed by atoms with Gasteiger partial charge in [-0.15, -0.1) is 0 Å². The van der Waals surface area contributed by atoms with E-state index < -0.39 is 23.7 Å². The molecular weight excluding hydrogens is 273 g/mol. The van der Waals surface area contributed by atoms with Crippen molar-refractivity contribution in [1.82, 2.24) is 5.32 Å². The van der Waals surface area contributed by atoms with E-state index in [1.807, 2.05) is 6.92 Å². The van der Waals surface area contributed by atoms with Crippen LogP contribution in [0.15, 0.2) is 36.4 Å². The summed E-state index contributed by atoms with van der Waals surface area (Å²) in [4.78, 5) is 22.8. The Kier molecular flexibility index (Phi) is 7.15. The Bertz CT molecular complexity index is 514. The molecule has 0 spiro atoms. The predicted octanol–water partition coefficient (Wildman–Crippen LogP) is 2.68. The highest BCUT2D eigenvalue weighted by atomic mass is 19.1. The van der Waals surface area contributed by atoms with Crippen molar-refractivity contribution in [2.45, 2.75) is 38.6 Å². The first-order valence-corrected chi connectivity index (χ1v) is 6.97. The molecule has 0 saturated heterocycles. The van der Waals surface area contributed by atoms with Crippen LogP contribution in [0.25, 0.3) is 0 Å². The zero-order chi connectivity index (χ0) is 15.7. The minimum absolute atomic E-state index is 0.0433. The molecule has 0 radical (unpaired) electrons. The Balaban J connectivity index is 2.60. The van der Waals surface area contributed by atoms with Gasteiger partial charge < -0.3 is 10.4 Å². The summed E-state index contributed by atoms with van der Waals surface area (Å²) in [6, 6.07) is 4.61. The lowest BCUT2D eigenvalue weighted by Crippen LogP contribution is -2.41. The van der Waals surface area contributed by atoms with E-state index in [-0.39, 0.29) is 6.42 Å². The number of hydrogen-bond acceptors (Lipinski definition) is 2. The van der Waals surface area contributed by atoms with Gasteiger partial charge in [0.05, 0.1) is 0 Å². The highest BCUT2D eigenvalue weighted by Crippen LogP contribution is 2.07. The lowest BCUT2D eigenvalue weighted by molar-refractivity contribution is -0.141. The molecular formula is C16H20FNO3. The largest absolute Gasteiger partial charge is 0.480 e. The van der Waals surface area contributed by atoms with Crippen LogP contribution in [0.1, 0.15) is 31.7 Å². The van der Waals surface area contributed by atoms with Crippen LogP contribution in [-0.2, 0) is 16.0 Å². The molecule has 0 aliphatic carbocycles. The summed E-state index contributed by atoms with van der Waals surface area (Å²) in [5.41, 5.74) is 0.526. The molecule has 0 bridgehead atoms. The molecule has 0 aromatic heterocycles. The first-order chi connectivity index (χ1) is 10.0. The molecule has 1 rings (SSSR count). The second-order valence-corrected chi connectivity index (χ2v) is 4.78. The van der Waals surface area contributed by atoms with E-state index in [1.165, 1.54) is 24.3 Å². The van der Waals surface area contributed by atoms with E-state index in [9.17, 15) is 14.0 Å². The summed E-state index contributed by atoms with van der Waals surface area (Å²) in [5.74, 6) is -2.02. The molecule has 1 aromatic carbocycles. The smallest absolute Gasteiger partial charge is 0.326 e. The molecule has 114 valence electrons. The maximum Gasteiger partial charge on any atom is 0.326 e. The van der Waals surface area contributed by atoms with Crippen LogP contribution in [0.4, 0.5) is 4.39 Å². The van der Waals surface area contributed by atoms with Gasteiger partial charge in [0.1, 0.15) is 11.9 Å². The van der Waals surface area contributed by atoms with Crippen LogP contribution >= 0.6 is 0 Å². The summed E-state index contributed by atoms with van der Waals surface area (Å²) >= 11 is 0. The van der Waals surface area contributed by atoms with Crippen LogP contribution in [0.2, 0.25) is 0 Å². The maximum absolute atomic E-state index is 13.1. The number of aliphatic carboxylic acids is 1. The number of carbonyl (C=O) groups excluding carboxylic acids is 1. The standard InChI is InChI=1S/C16H20FNO3/c1-2-3-4-5-9-15(19)18-14(16(20)21)11-12-7-6-8-13(17)10-12/h5-10,14H,2-4,11H2,1H3,(H,18,19)(H,20,21)/t14-/m0/s1. The lowest BCUT2D eigenvalue weighted by atomic mass is 10.1. The number of allylic oxidation sites excluding steroid dienone is 1. The number of benzene rings is 1. The summed E-state index contributed by atoms with van der Waals surface area (Å²) in [6.45, 7) is 2.05. The number of amides is 1. The van der Waals surface area contributed by atoms with Crippen LogP contribution in [0, 0.1) is 5.82 Å². The summed E-state index contributed by atoms with van der Waals surface area (Å²) < 4.78 is 13.1. The van der Waals surface area contributed by atoms with Crippen molar-refractivity contribution >= 4 is 11.9 Å². The van der Waals surface area contributed by atoms with Crippen LogP contribution < -0.4 is 5.32 Å². The Morgan fingerprint density at radius 2 is 2.19 bits per heavy atom. The van der Waals surface area contributed by atoms with Gasteiger partial charge in [-0.25, -0.2) is 9.18 Å². The van der Waals surface area contributed by atoms with Gasteiger partial charge in [-0.3, -0.25) is 4.79 Å². The molecule has 0 fully saturated rings. The van der Waals surface area contributed by atoms with E-state index in [0.29, 0.717) is 5.56 Å². The van der Waals surface area contributed by atoms with E-state index in [1.54, 1.807) is 12.1 Å². The first-order valence-electron chi connectivity index (χ1n) is 6.97. The molecule has 2 N–H and O–H groups in total. The molecule has 5 heteroatoms. The number of carboxylic acids is 1. The van der Waals surface area contributed by atoms with Crippen molar-refractivity contribution in [3.63, 3.8) is 0 Å². The number of nitrogens with one attached hydrogen (secondary N) is 1. The van der Waals surface area contributed by atoms with Crippen LogP contribution in [0.3, 0.4) is 0 Å². The number of hydrogen-bond donors (Lipinski definition) is 2. The second-order valence-electron chi connectivity index (χ2n) is 4.78. The fourth-order valence-corrected chi connectivity index (χ4v) is 1.83. The van der Waals surface area contributed by atoms with E-state index in [4.69, 9.17) is 5.11 Å². The fourth-order valence-electron chi connectivity index (χ4n) is 1.83. The third-order valence-corrected chi connectivity index (χ3v) is 2.94. The van der Waals surface area contributed by atoms with Gasteiger partial charge in [0.25, 0.3) is 0 Å². The van der Waals surface area contributed by atoms with Crippen molar-refractivity contribution < 1.29 is 19.1 Å². The molecule has 1 aromatic rings. The quantitative estimate of drug-likeness (QED) is 0.572. The van der Waals surface area contributed by atoms with Crippen LogP contribution in [0.5, 0.6) is 0 Å². The van der Waals surface area contributed by atoms with E-state index >= 15 is 0 Å². The third kappa shape index (κ3) is 6.70. The number of unbranched alkanes of at least 4 members (excludes halogenated alkanes) is 2. The van der Waals surface area contributed by atoms with Crippen molar-refractivity contribution in [1.29, 1.82) is 0 Å². The molecule has 0 heterocycles. The van der Waals surface area contributed by atoms with Crippen molar-refractivity contribution in [2.75, 3.05) is 0 Å². The fraction of sp³-hybridized carbons (Fsp3) is 0.375. The van der Waals surface area contributed by atoms with E-state index in [0.717, 1.165) is 19.3 Å². The summed E-state index contributed by atoms with van der Waals surface area (Å²) in [6.07, 6.45) is 5.91. The molecule has 21 heavy (non-hydrogen) atoms. The minimum atomic E-state index is -1.14. The highest BCUT2D eigenvalue weighted by molar-refractivity contribution is 5.91. The van der Waals surface area contributed by atoms with Gasteiger partial charge in [-0.1, -0.05) is 38.0 Å². The van der Waals surface area contributed by atoms with Gasteiger partial charge in [-0.05, 0) is 30.2 Å². The Morgan fingerprint density at radius 3 is 2.81 bits per heavy atom. The summed E-state index contributed by atoms with van der Waals surface area (Å²) in [5, 5.41) is 11.5. The van der Waals surface area contributed by atoms with Crippen molar-refractivity contribution in [3.8, 4) is 0 Å². The number of carboxylic acid groups (broad SMARTS) is 1. The molecule has 4 nitrogen and oxygen atoms in total. The highest BCUT2D eigenvalue weighted by Gasteiger charge is 2.19. The predicted molar refractivity (Wildman–Crippen MR) is 78.3 cm³/mol. The molecule has 1 amide bonds. The summed E-state index contributed by atoms with van der Waals surface area (Å²) in [7, 11) is 0. The Morgan fingerprint density at radius 1 is 1.43 bits per heavy atom. The number of carbonyl (C=O) groups is 2.